The Morgan fingerprint density at radius 3 is 2.66 bits per heavy atom. The molecule has 2 N–H and O–H groups in total. The molecule has 0 saturated heterocycles. The smallest absolute Gasteiger partial charge is 0.409 e. The second-order valence-corrected chi connectivity index (χ2v) is 14.2. The van der Waals surface area contributed by atoms with Crippen molar-refractivity contribution < 1.29 is 28.6 Å². The average molecular weight is 458 g/mol. The summed E-state index contributed by atoms with van der Waals surface area (Å²) in [6.07, 6.45) is 0.0580. The molecule has 0 unspecified atom stereocenters. The SMILES string of the molecule is CC(C)(C)[Si](C)(C)OCc1cccc2c1OCCCc1cc(NC(=O)O)ccc1C(=O)O2. The molecule has 32 heavy (non-hydrogen) atoms. The topological polar surface area (TPSA) is 94.1 Å². The molecule has 1 aliphatic rings. The Labute approximate surface area is 189 Å². The summed E-state index contributed by atoms with van der Waals surface area (Å²) < 4.78 is 18.1. The Balaban J connectivity index is 1.88. The molecule has 2 aromatic rings. The van der Waals surface area contributed by atoms with Crippen molar-refractivity contribution in [3.8, 4) is 11.5 Å². The largest absolute Gasteiger partial charge is 0.489 e. The molecule has 1 aliphatic heterocycles. The molecule has 172 valence electrons. The number of rotatable bonds is 4. The fraction of sp³-hybridized carbons (Fsp3) is 0.417. The molecule has 0 bridgehead atoms. The lowest BCUT2D eigenvalue weighted by Crippen LogP contribution is -2.40. The van der Waals surface area contributed by atoms with Crippen LogP contribution in [0.4, 0.5) is 10.5 Å². The minimum absolute atomic E-state index is 0.0803. The van der Waals surface area contributed by atoms with E-state index in [2.05, 4.69) is 39.2 Å². The van der Waals surface area contributed by atoms with Gasteiger partial charge in [0.15, 0.2) is 19.8 Å². The number of carboxylic acid groups (broad SMARTS) is 1. The van der Waals surface area contributed by atoms with Crippen LogP contribution in [-0.2, 0) is 17.5 Å². The second-order valence-electron chi connectivity index (χ2n) is 9.44. The molecule has 0 spiro atoms. The quantitative estimate of drug-likeness (QED) is 0.340. The first kappa shape index (κ1) is 23.8. The molecule has 0 atom stereocenters. The number of anilines is 1. The lowest BCUT2D eigenvalue weighted by Gasteiger charge is -2.36. The van der Waals surface area contributed by atoms with Gasteiger partial charge in [0.1, 0.15) is 0 Å². The first-order valence-electron chi connectivity index (χ1n) is 10.7. The van der Waals surface area contributed by atoms with Gasteiger partial charge >= 0.3 is 12.1 Å². The Kier molecular flexibility index (Phi) is 6.95. The third-order valence-corrected chi connectivity index (χ3v) is 10.5. The van der Waals surface area contributed by atoms with Gasteiger partial charge in [-0.15, -0.1) is 0 Å². The summed E-state index contributed by atoms with van der Waals surface area (Å²) in [4.78, 5) is 23.9. The van der Waals surface area contributed by atoms with Crippen LogP contribution in [0.1, 0.15) is 48.7 Å². The van der Waals surface area contributed by atoms with Gasteiger partial charge in [-0.05, 0) is 60.8 Å². The van der Waals surface area contributed by atoms with Crippen LogP contribution >= 0.6 is 0 Å². The van der Waals surface area contributed by atoms with Crippen molar-refractivity contribution in [2.45, 2.75) is 58.4 Å². The first-order valence-corrected chi connectivity index (χ1v) is 13.6. The molecule has 0 fully saturated rings. The molecular formula is C24H31NO6Si. The van der Waals surface area contributed by atoms with Crippen LogP contribution in [0.2, 0.25) is 18.1 Å². The van der Waals surface area contributed by atoms with Crippen LogP contribution < -0.4 is 14.8 Å². The van der Waals surface area contributed by atoms with Crippen LogP contribution in [0.25, 0.3) is 0 Å². The minimum atomic E-state index is -1.96. The molecule has 0 aliphatic carbocycles. The Morgan fingerprint density at radius 1 is 1.22 bits per heavy atom. The maximum atomic E-state index is 12.9. The van der Waals surface area contributed by atoms with E-state index >= 15 is 0 Å². The first-order chi connectivity index (χ1) is 15.0. The maximum absolute atomic E-state index is 12.9. The Morgan fingerprint density at radius 2 is 1.97 bits per heavy atom. The Hall–Kier alpha value is -2.84. The molecule has 1 heterocycles. The zero-order chi connectivity index (χ0) is 23.5. The number of para-hydroxylation sites is 1. The van der Waals surface area contributed by atoms with Gasteiger partial charge in [-0.1, -0.05) is 32.9 Å². The number of esters is 1. The number of benzene rings is 2. The van der Waals surface area contributed by atoms with E-state index in [-0.39, 0.29) is 5.04 Å². The molecule has 0 radical (unpaired) electrons. The molecule has 2 aromatic carbocycles. The van der Waals surface area contributed by atoms with E-state index in [0.717, 1.165) is 5.56 Å². The van der Waals surface area contributed by atoms with E-state index in [4.69, 9.17) is 19.0 Å². The lowest BCUT2D eigenvalue weighted by atomic mass is 10.0. The van der Waals surface area contributed by atoms with Crippen LogP contribution in [0.15, 0.2) is 36.4 Å². The number of carbonyl (C=O) groups excluding carboxylic acids is 1. The third kappa shape index (κ3) is 5.49. The number of hydrogen-bond donors (Lipinski definition) is 2. The number of amides is 1. The summed E-state index contributed by atoms with van der Waals surface area (Å²) in [6.45, 7) is 11.8. The molecule has 8 heteroatoms. The highest BCUT2D eigenvalue weighted by atomic mass is 28.4. The zero-order valence-corrected chi connectivity index (χ0v) is 20.3. The highest BCUT2D eigenvalue weighted by molar-refractivity contribution is 6.74. The summed E-state index contributed by atoms with van der Waals surface area (Å²) >= 11 is 0. The van der Waals surface area contributed by atoms with Crippen molar-refractivity contribution in [1.29, 1.82) is 0 Å². The van der Waals surface area contributed by atoms with Crippen molar-refractivity contribution in [3.05, 3.63) is 53.1 Å². The van der Waals surface area contributed by atoms with E-state index in [1.165, 1.54) is 0 Å². The molecule has 0 aromatic heterocycles. The number of fused-ring (bicyclic) bond motifs is 2. The van der Waals surface area contributed by atoms with Crippen LogP contribution in [0.3, 0.4) is 0 Å². The lowest BCUT2D eigenvalue weighted by molar-refractivity contribution is 0.0724. The van der Waals surface area contributed by atoms with E-state index < -0.39 is 20.4 Å². The predicted octanol–water partition coefficient (Wildman–Crippen LogP) is 5.84. The highest BCUT2D eigenvalue weighted by Gasteiger charge is 2.37. The number of ether oxygens (including phenoxy) is 2. The Bertz CT molecular complexity index is 1010. The number of carbonyl (C=O) groups is 2. The van der Waals surface area contributed by atoms with Gasteiger partial charge in [-0.3, -0.25) is 5.32 Å². The van der Waals surface area contributed by atoms with E-state index in [9.17, 15) is 9.59 Å². The summed E-state index contributed by atoms with van der Waals surface area (Å²) in [7, 11) is -1.96. The highest BCUT2D eigenvalue weighted by Crippen LogP contribution is 2.39. The van der Waals surface area contributed by atoms with Gasteiger partial charge in [0.2, 0.25) is 0 Å². The summed E-state index contributed by atoms with van der Waals surface area (Å²) in [5, 5.41) is 11.3. The fourth-order valence-electron chi connectivity index (χ4n) is 3.19. The molecule has 7 nitrogen and oxygen atoms in total. The minimum Gasteiger partial charge on any atom is -0.489 e. The van der Waals surface area contributed by atoms with E-state index in [1.807, 2.05) is 12.1 Å². The standard InChI is InChI=1S/C24H31NO6Si/c1-24(2,3)32(4,5)30-15-17-8-6-10-20-21(17)29-13-7-9-16-14-18(25-23(27)28)11-12-19(16)22(26)31-20/h6,8,10-12,14,25H,7,9,13,15H2,1-5H3,(H,27,28). The summed E-state index contributed by atoms with van der Waals surface area (Å²) in [6, 6.07) is 10.3. The van der Waals surface area contributed by atoms with Gasteiger partial charge in [0.05, 0.1) is 18.8 Å². The van der Waals surface area contributed by atoms with Crippen molar-refractivity contribution in [2.75, 3.05) is 11.9 Å². The van der Waals surface area contributed by atoms with Gasteiger partial charge in [-0.2, -0.15) is 0 Å². The molecular weight excluding hydrogens is 426 g/mol. The second kappa shape index (κ2) is 9.34. The monoisotopic (exact) mass is 457 g/mol. The average Bonchev–Trinajstić information content (AvgIpc) is 2.69. The molecule has 0 saturated carbocycles. The molecule has 3 rings (SSSR count). The predicted molar refractivity (Wildman–Crippen MR) is 125 cm³/mol. The van der Waals surface area contributed by atoms with Crippen molar-refractivity contribution in [1.82, 2.24) is 0 Å². The number of aryl methyl sites for hydroxylation is 1. The van der Waals surface area contributed by atoms with Crippen LogP contribution in [0.5, 0.6) is 11.5 Å². The van der Waals surface area contributed by atoms with Crippen molar-refractivity contribution in [3.63, 3.8) is 0 Å². The van der Waals surface area contributed by atoms with Gasteiger partial charge in [0, 0.05) is 11.3 Å². The van der Waals surface area contributed by atoms with Crippen LogP contribution in [0, 0.1) is 0 Å². The van der Waals surface area contributed by atoms with Crippen LogP contribution in [-0.4, -0.2) is 32.1 Å². The molecule has 1 amide bonds. The zero-order valence-electron chi connectivity index (χ0n) is 19.3. The van der Waals surface area contributed by atoms with Crippen molar-refractivity contribution in [2.24, 2.45) is 0 Å². The van der Waals surface area contributed by atoms with Gasteiger partial charge in [-0.25, -0.2) is 9.59 Å². The van der Waals surface area contributed by atoms with Crippen molar-refractivity contribution >= 4 is 26.1 Å². The normalized spacial score (nSPS) is 14.5. The third-order valence-electron chi connectivity index (χ3n) is 6.07. The summed E-state index contributed by atoms with van der Waals surface area (Å²) in [5.41, 5.74) is 2.39. The number of hydrogen-bond acceptors (Lipinski definition) is 5. The number of nitrogens with one attached hydrogen (secondary N) is 1. The van der Waals surface area contributed by atoms with Gasteiger partial charge < -0.3 is 19.0 Å². The van der Waals surface area contributed by atoms with E-state index in [0.29, 0.717) is 54.4 Å². The maximum Gasteiger partial charge on any atom is 0.409 e. The van der Waals surface area contributed by atoms with E-state index in [1.54, 1.807) is 24.3 Å². The fourth-order valence-corrected chi connectivity index (χ4v) is 4.14. The van der Waals surface area contributed by atoms with Gasteiger partial charge in [0.25, 0.3) is 0 Å². The summed E-state index contributed by atoms with van der Waals surface area (Å²) in [5.74, 6) is 0.384.